The van der Waals surface area contributed by atoms with Crippen molar-refractivity contribution in [3.8, 4) is 11.5 Å². The van der Waals surface area contributed by atoms with Gasteiger partial charge in [-0.2, -0.15) is 0 Å². The summed E-state index contributed by atoms with van der Waals surface area (Å²) >= 11 is 0. The summed E-state index contributed by atoms with van der Waals surface area (Å²) in [6.07, 6.45) is 5.04. The second kappa shape index (κ2) is 8.65. The molecule has 2 rings (SSSR count). The van der Waals surface area contributed by atoms with Crippen molar-refractivity contribution >= 4 is 5.96 Å². The maximum absolute atomic E-state index is 6.10. The number of nitrogens with zero attached hydrogens (tertiary/aromatic N) is 1. The Bertz CT molecular complexity index is 523. The average Bonchev–Trinajstić information content (AvgIpc) is 3.04. The smallest absolute Gasteiger partial charge is 0.188 e. The normalized spacial score (nSPS) is 15.9. The lowest BCUT2D eigenvalue weighted by molar-refractivity contribution is 0.200. The monoisotopic (exact) mass is 319 g/mol. The number of rotatable bonds is 7. The van der Waals surface area contributed by atoms with E-state index in [1.165, 1.54) is 12.8 Å². The highest BCUT2D eigenvalue weighted by molar-refractivity contribution is 5.77. The SMILES string of the molecule is COc1ccc(CN=C(N)NCC(C)C)cc1OC1CCCC1. The summed E-state index contributed by atoms with van der Waals surface area (Å²) in [6.45, 7) is 5.63. The fourth-order valence-corrected chi connectivity index (χ4v) is 2.64. The lowest BCUT2D eigenvalue weighted by Gasteiger charge is -2.16. The largest absolute Gasteiger partial charge is 0.493 e. The first kappa shape index (κ1) is 17.4. The Kier molecular flexibility index (Phi) is 6.56. The van der Waals surface area contributed by atoms with Gasteiger partial charge in [0.05, 0.1) is 19.8 Å². The van der Waals surface area contributed by atoms with Crippen molar-refractivity contribution in [1.29, 1.82) is 0 Å². The first-order valence-electron chi connectivity index (χ1n) is 8.46. The molecule has 1 fully saturated rings. The predicted molar refractivity (Wildman–Crippen MR) is 94.0 cm³/mol. The Morgan fingerprint density at radius 3 is 2.70 bits per heavy atom. The van der Waals surface area contributed by atoms with Crippen LogP contribution in [-0.2, 0) is 6.54 Å². The molecular weight excluding hydrogens is 290 g/mol. The molecule has 128 valence electrons. The van der Waals surface area contributed by atoms with Gasteiger partial charge in [0.2, 0.25) is 0 Å². The van der Waals surface area contributed by atoms with Crippen molar-refractivity contribution in [2.45, 2.75) is 52.2 Å². The van der Waals surface area contributed by atoms with Gasteiger partial charge in [-0.1, -0.05) is 19.9 Å². The number of nitrogens with two attached hydrogens (primary N) is 1. The van der Waals surface area contributed by atoms with E-state index in [9.17, 15) is 0 Å². The van der Waals surface area contributed by atoms with Gasteiger partial charge in [-0.05, 0) is 49.3 Å². The standard InChI is InChI=1S/C18H29N3O2/c1-13(2)11-20-18(19)21-12-14-8-9-16(22-3)17(10-14)23-15-6-4-5-7-15/h8-10,13,15H,4-7,11-12H2,1-3H3,(H3,19,20,21). The molecule has 0 aromatic heterocycles. The van der Waals surface area contributed by atoms with Crippen molar-refractivity contribution in [3.63, 3.8) is 0 Å². The summed E-state index contributed by atoms with van der Waals surface area (Å²) in [5.41, 5.74) is 6.94. The average molecular weight is 319 g/mol. The highest BCUT2D eigenvalue weighted by Gasteiger charge is 2.18. The van der Waals surface area contributed by atoms with Gasteiger partial charge >= 0.3 is 0 Å². The second-order valence-electron chi connectivity index (χ2n) is 6.49. The van der Waals surface area contributed by atoms with E-state index in [2.05, 4.69) is 24.2 Å². The minimum Gasteiger partial charge on any atom is -0.493 e. The van der Waals surface area contributed by atoms with E-state index < -0.39 is 0 Å². The van der Waals surface area contributed by atoms with Crippen LogP contribution in [0.1, 0.15) is 45.1 Å². The zero-order chi connectivity index (χ0) is 16.7. The second-order valence-corrected chi connectivity index (χ2v) is 6.49. The minimum absolute atomic E-state index is 0.306. The number of aliphatic imine (C=N–C) groups is 1. The summed E-state index contributed by atoms with van der Waals surface area (Å²) in [5.74, 6) is 2.60. The van der Waals surface area contributed by atoms with Crippen molar-refractivity contribution in [3.05, 3.63) is 23.8 Å². The Morgan fingerprint density at radius 1 is 1.30 bits per heavy atom. The summed E-state index contributed by atoms with van der Waals surface area (Å²) < 4.78 is 11.5. The molecule has 1 aliphatic rings. The number of benzene rings is 1. The lowest BCUT2D eigenvalue weighted by atomic mass is 10.2. The lowest BCUT2D eigenvalue weighted by Crippen LogP contribution is -2.34. The van der Waals surface area contributed by atoms with Crippen LogP contribution in [0.5, 0.6) is 11.5 Å². The van der Waals surface area contributed by atoms with Gasteiger partial charge in [0.25, 0.3) is 0 Å². The highest BCUT2D eigenvalue weighted by atomic mass is 16.5. The Morgan fingerprint density at radius 2 is 2.04 bits per heavy atom. The molecule has 3 N–H and O–H groups in total. The Hall–Kier alpha value is -1.91. The van der Waals surface area contributed by atoms with Crippen LogP contribution >= 0.6 is 0 Å². The zero-order valence-corrected chi connectivity index (χ0v) is 14.5. The van der Waals surface area contributed by atoms with E-state index in [-0.39, 0.29) is 0 Å². The third kappa shape index (κ3) is 5.66. The molecule has 1 saturated carbocycles. The van der Waals surface area contributed by atoms with Crippen LogP contribution in [0.15, 0.2) is 23.2 Å². The number of methoxy groups -OCH3 is 1. The van der Waals surface area contributed by atoms with Crippen molar-refractivity contribution in [2.75, 3.05) is 13.7 Å². The molecule has 0 heterocycles. The minimum atomic E-state index is 0.306. The molecule has 5 nitrogen and oxygen atoms in total. The number of ether oxygens (including phenoxy) is 2. The van der Waals surface area contributed by atoms with Crippen LogP contribution in [0.4, 0.5) is 0 Å². The van der Waals surface area contributed by atoms with Crippen molar-refractivity contribution in [1.82, 2.24) is 5.32 Å². The van der Waals surface area contributed by atoms with Crippen LogP contribution in [-0.4, -0.2) is 25.7 Å². The van der Waals surface area contributed by atoms with Crippen molar-refractivity contribution in [2.24, 2.45) is 16.6 Å². The van der Waals surface area contributed by atoms with Gasteiger partial charge in [0.1, 0.15) is 0 Å². The number of hydrogen-bond donors (Lipinski definition) is 2. The van der Waals surface area contributed by atoms with Crippen LogP contribution in [0.25, 0.3) is 0 Å². The predicted octanol–water partition coefficient (Wildman–Crippen LogP) is 3.08. The van der Waals surface area contributed by atoms with E-state index in [0.29, 0.717) is 24.5 Å². The molecule has 0 saturated heterocycles. The number of guanidine groups is 1. The maximum Gasteiger partial charge on any atom is 0.188 e. The van der Waals surface area contributed by atoms with Crippen LogP contribution < -0.4 is 20.5 Å². The molecule has 0 bridgehead atoms. The number of hydrogen-bond acceptors (Lipinski definition) is 3. The number of nitrogens with one attached hydrogen (secondary N) is 1. The third-order valence-corrected chi connectivity index (χ3v) is 3.95. The summed E-state index contributed by atoms with van der Waals surface area (Å²) in [7, 11) is 1.67. The summed E-state index contributed by atoms with van der Waals surface area (Å²) in [5, 5.41) is 3.12. The first-order chi connectivity index (χ1) is 11.1. The first-order valence-corrected chi connectivity index (χ1v) is 8.46. The zero-order valence-electron chi connectivity index (χ0n) is 14.5. The third-order valence-electron chi connectivity index (χ3n) is 3.95. The molecule has 1 aliphatic carbocycles. The maximum atomic E-state index is 6.10. The van der Waals surface area contributed by atoms with Gasteiger partial charge in [0.15, 0.2) is 17.5 Å². The van der Waals surface area contributed by atoms with Crippen LogP contribution in [0.2, 0.25) is 0 Å². The summed E-state index contributed by atoms with van der Waals surface area (Å²) in [6, 6.07) is 5.95. The quantitative estimate of drug-likeness (QED) is 0.598. The van der Waals surface area contributed by atoms with E-state index in [1.54, 1.807) is 7.11 Å². The molecule has 0 atom stereocenters. The Labute approximate surface area is 139 Å². The van der Waals surface area contributed by atoms with Gasteiger partial charge in [-0.25, -0.2) is 4.99 Å². The molecular formula is C18H29N3O2. The van der Waals surface area contributed by atoms with Gasteiger partial charge in [-0.15, -0.1) is 0 Å². The van der Waals surface area contributed by atoms with Crippen LogP contribution in [0.3, 0.4) is 0 Å². The molecule has 0 aliphatic heterocycles. The molecule has 23 heavy (non-hydrogen) atoms. The molecule has 5 heteroatoms. The molecule has 0 unspecified atom stereocenters. The van der Waals surface area contributed by atoms with Gasteiger partial charge in [0, 0.05) is 6.54 Å². The Balaban J connectivity index is 2.00. The highest BCUT2D eigenvalue weighted by Crippen LogP contribution is 2.32. The van der Waals surface area contributed by atoms with Crippen LogP contribution in [0, 0.1) is 5.92 Å². The summed E-state index contributed by atoms with van der Waals surface area (Å²) in [4.78, 5) is 4.38. The van der Waals surface area contributed by atoms with E-state index >= 15 is 0 Å². The molecule has 1 aromatic carbocycles. The molecule has 0 spiro atoms. The fraction of sp³-hybridized carbons (Fsp3) is 0.611. The molecule has 0 radical (unpaired) electrons. The van der Waals surface area contributed by atoms with E-state index in [0.717, 1.165) is 36.4 Å². The van der Waals surface area contributed by atoms with Gasteiger partial charge < -0.3 is 20.5 Å². The van der Waals surface area contributed by atoms with E-state index in [1.807, 2.05) is 18.2 Å². The topological polar surface area (TPSA) is 68.9 Å². The fourth-order valence-electron chi connectivity index (χ4n) is 2.64. The molecule has 1 aromatic rings. The van der Waals surface area contributed by atoms with Gasteiger partial charge in [-0.3, -0.25) is 0 Å². The molecule has 0 amide bonds. The van der Waals surface area contributed by atoms with Crippen molar-refractivity contribution < 1.29 is 9.47 Å². The van der Waals surface area contributed by atoms with E-state index in [4.69, 9.17) is 15.2 Å².